The van der Waals surface area contributed by atoms with Gasteiger partial charge in [-0.3, -0.25) is 4.79 Å². The van der Waals surface area contributed by atoms with Gasteiger partial charge in [0.1, 0.15) is 0 Å². The van der Waals surface area contributed by atoms with Gasteiger partial charge in [0.25, 0.3) is 0 Å². The molecule has 1 aliphatic heterocycles. The van der Waals surface area contributed by atoms with Crippen LogP contribution in [0.2, 0.25) is 0 Å². The van der Waals surface area contributed by atoms with Gasteiger partial charge in [-0.25, -0.2) is 0 Å². The maximum atomic E-state index is 10.9. The van der Waals surface area contributed by atoms with Crippen molar-refractivity contribution in [2.24, 2.45) is 0 Å². The molecule has 0 saturated heterocycles. The molecule has 0 aromatic carbocycles. The number of hydrogen-bond donors (Lipinski definition) is 0. The molecule has 0 bridgehead atoms. The van der Waals surface area contributed by atoms with Gasteiger partial charge in [0.2, 0.25) is 5.91 Å². The van der Waals surface area contributed by atoms with Crippen LogP contribution in [0.25, 0.3) is 0 Å². The van der Waals surface area contributed by atoms with Crippen LogP contribution in [0.5, 0.6) is 0 Å². The van der Waals surface area contributed by atoms with Gasteiger partial charge in [0, 0.05) is 13.1 Å². The molecule has 0 fully saturated rings. The second-order valence-electron chi connectivity index (χ2n) is 2.66. The highest BCUT2D eigenvalue weighted by Gasteiger charge is 2.19. The predicted octanol–water partition coefficient (Wildman–Crippen LogP) is 1.18. The smallest absolute Gasteiger partial charge is 0.246 e. The van der Waals surface area contributed by atoms with Crippen molar-refractivity contribution in [1.82, 2.24) is 4.90 Å². The maximum Gasteiger partial charge on any atom is 0.246 e. The fourth-order valence-corrected chi connectivity index (χ4v) is 1.19. The van der Waals surface area contributed by atoms with Crippen LogP contribution in [0, 0.1) is 0 Å². The van der Waals surface area contributed by atoms with Crippen LogP contribution in [0.15, 0.2) is 12.2 Å². The highest BCUT2D eigenvalue weighted by molar-refractivity contribution is 5.90. The number of nitrogens with zero attached hydrogens (tertiary/aromatic N) is 1. The molecule has 0 N–H and O–H groups in total. The standard InChI is InChI=1S/C8H13NO/c1-3-4-7-5-6-8(10)9(7)2/h5-7H,3-4H2,1-2H3. The molecule has 1 aliphatic rings. The minimum absolute atomic E-state index is 0.137. The number of amides is 1. The summed E-state index contributed by atoms with van der Waals surface area (Å²) in [5.41, 5.74) is 0. The molecule has 10 heavy (non-hydrogen) atoms. The third kappa shape index (κ3) is 1.20. The van der Waals surface area contributed by atoms with Crippen LogP contribution < -0.4 is 0 Å². The lowest BCUT2D eigenvalue weighted by molar-refractivity contribution is -0.124. The number of hydrogen-bond acceptors (Lipinski definition) is 1. The zero-order chi connectivity index (χ0) is 7.56. The summed E-state index contributed by atoms with van der Waals surface area (Å²) in [5.74, 6) is 0.137. The molecule has 0 spiro atoms. The normalized spacial score (nSPS) is 24.4. The van der Waals surface area contributed by atoms with Crippen LogP contribution in [0.1, 0.15) is 19.8 Å². The topological polar surface area (TPSA) is 20.3 Å². The van der Waals surface area contributed by atoms with E-state index in [9.17, 15) is 4.79 Å². The lowest BCUT2D eigenvalue weighted by Crippen LogP contribution is -2.29. The molecule has 0 aliphatic carbocycles. The molecular weight excluding hydrogens is 126 g/mol. The number of likely N-dealkylation sites (N-methyl/N-ethyl adjacent to an activating group) is 1. The Labute approximate surface area is 61.5 Å². The van der Waals surface area contributed by atoms with Crippen LogP contribution in [0.3, 0.4) is 0 Å². The van der Waals surface area contributed by atoms with Crippen molar-refractivity contribution < 1.29 is 4.79 Å². The highest BCUT2D eigenvalue weighted by Crippen LogP contribution is 2.12. The van der Waals surface area contributed by atoms with Gasteiger partial charge < -0.3 is 4.90 Å². The highest BCUT2D eigenvalue weighted by atomic mass is 16.2. The van der Waals surface area contributed by atoms with E-state index in [1.165, 1.54) is 0 Å². The largest absolute Gasteiger partial charge is 0.336 e. The summed E-state index contributed by atoms with van der Waals surface area (Å²) >= 11 is 0. The summed E-state index contributed by atoms with van der Waals surface area (Å²) in [6.07, 6.45) is 5.84. The molecule has 56 valence electrons. The van der Waals surface area contributed by atoms with Crippen LogP contribution in [-0.4, -0.2) is 23.9 Å². The van der Waals surface area contributed by atoms with Crippen molar-refractivity contribution in [3.05, 3.63) is 12.2 Å². The fourth-order valence-electron chi connectivity index (χ4n) is 1.19. The number of carbonyl (C=O) groups excluding carboxylic acids is 1. The van der Waals surface area contributed by atoms with E-state index in [2.05, 4.69) is 6.92 Å². The lowest BCUT2D eigenvalue weighted by Gasteiger charge is -2.18. The van der Waals surface area contributed by atoms with E-state index in [0.717, 1.165) is 12.8 Å². The molecule has 0 aromatic rings. The summed E-state index contributed by atoms with van der Waals surface area (Å²) in [6, 6.07) is 0.359. The summed E-state index contributed by atoms with van der Waals surface area (Å²) in [6.45, 7) is 2.13. The van der Waals surface area contributed by atoms with Crippen LogP contribution in [0.4, 0.5) is 0 Å². The molecular formula is C8H13NO. The monoisotopic (exact) mass is 139 g/mol. The van der Waals surface area contributed by atoms with Crippen molar-refractivity contribution >= 4 is 5.91 Å². The average molecular weight is 139 g/mol. The van der Waals surface area contributed by atoms with Crippen LogP contribution >= 0.6 is 0 Å². The van der Waals surface area contributed by atoms with E-state index in [1.54, 1.807) is 11.0 Å². The minimum atomic E-state index is 0.137. The van der Waals surface area contributed by atoms with Gasteiger partial charge in [0.05, 0.1) is 6.04 Å². The van der Waals surface area contributed by atoms with Crippen molar-refractivity contribution in [1.29, 1.82) is 0 Å². The number of rotatable bonds is 2. The third-order valence-electron chi connectivity index (χ3n) is 1.89. The summed E-state index contributed by atoms with van der Waals surface area (Å²) in [5, 5.41) is 0. The molecule has 0 aromatic heterocycles. The fraction of sp³-hybridized carbons (Fsp3) is 0.625. The first-order valence-corrected chi connectivity index (χ1v) is 3.70. The zero-order valence-electron chi connectivity index (χ0n) is 6.50. The molecule has 1 rings (SSSR count). The predicted molar refractivity (Wildman–Crippen MR) is 40.6 cm³/mol. The van der Waals surface area contributed by atoms with Crippen LogP contribution in [-0.2, 0) is 4.79 Å². The Morgan fingerprint density at radius 1 is 1.70 bits per heavy atom. The van der Waals surface area contributed by atoms with Gasteiger partial charge in [-0.05, 0) is 6.42 Å². The lowest BCUT2D eigenvalue weighted by atomic mass is 10.2. The van der Waals surface area contributed by atoms with Gasteiger partial charge in [-0.2, -0.15) is 0 Å². The Balaban J connectivity index is 2.49. The van der Waals surface area contributed by atoms with E-state index in [-0.39, 0.29) is 5.91 Å². The van der Waals surface area contributed by atoms with Crippen molar-refractivity contribution in [2.45, 2.75) is 25.8 Å². The van der Waals surface area contributed by atoms with Gasteiger partial charge >= 0.3 is 0 Å². The minimum Gasteiger partial charge on any atom is -0.336 e. The Kier molecular flexibility index (Phi) is 2.10. The summed E-state index contributed by atoms with van der Waals surface area (Å²) < 4.78 is 0. The first kappa shape index (κ1) is 7.32. The Morgan fingerprint density at radius 2 is 2.40 bits per heavy atom. The Bertz CT molecular complexity index is 163. The van der Waals surface area contributed by atoms with E-state index in [0.29, 0.717) is 6.04 Å². The molecule has 0 saturated carbocycles. The van der Waals surface area contributed by atoms with E-state index in [4.69, 9.17) is 0 Å². The molecule has 0 radical (unpaired) electrons. The SMILES string of the molecule is CCCC1C=CC(=O)N1C. The average Bonchev–Trinajstić information content (AvgIpc) is 2.20. The van der Waals surface area contributed by atoms with Crippen molar-refractivity contribution in [2.75, 3.05) is 7.05 Å². The van der Waals surface area contributed by atoms with Gasteiger partial charge in [0.15, 0.2) is 0 Å². The van der Waals surface area contributed by atoms with Crippen molar-refractivity contribution in [3.63, 3.8) is 0 Å². The zero-order valence-corrected chi connectivity index (χ0v) is 6.50. The Morgan fingerprint density at radius 3 is 2.80 bits per heavy atom. The quantitative estimate of drug-likeness (QED) is 0.562. The molecule has 2 nitrogen and oxygen atoms in total. The Hall–Kier alpha value is -0.790. The molecule has 1 unspecified atom stereocenters. The summed E-state index contributed by atoms with van der Waals surface area (Å²) in [4.78, 5) is 12.7. The van der Waals surface area contributed by atoms with Gasteiger partial charge in [-0.1, -0.05) is 19.4 Å². The van der Waals surface area contributed by atoms with Crippen molar-refractivity contribution in [3.8, 4) is 0 Å². The van der Waals surface area contributed by atoms with E-state index >= 15 is 0 Å². The summed E-state index contributed by atoms with van der Waals surface area (Å²) in [7, 11) is 1.85. The maximum absolute atomic E-state index is 10.9. The van der Waals surface area contributed by atoms with E-state index < -0.39 is 0 Å². The molecule has 2 heteroatoms. The third-order valence-corrected chi connectivity index (χ3v) is 1.89. The second kappa shape index (κ2) is 2.86. The molecule has 1 heterocycles. The number of carbonyl (C=O) groups is 1. The second-order valence-corrected chi connectivity index (χ2v) is 2.66. The van der Waals surface area contributed by atoms with Gasteiger partial charge in [-0.15, -0.1) is 0 Å². The first-order valence-electron chi connectivity index (χ1n) is 3.70. The molecule has 1 atom stereocenters. The molecule has 1 amide bonds. The van der Waals surface area contributed by atoms with E-state index in [1.807, 2.05) is 13.1 Å². The first-order chi connectivity index (χ1) is 4.75.